The van der Waals surface area contributed by atoms with Crippen molar-refractivity contribution in [2.45, 2.75) is 311 Å². The molecule has 6 atom stereocenters. The van der Waals surface area contributed by atoms with E-state index >= 15 is 0 Å². The number of ether oxygens (including phenoxy) is 6. The van der Waals surface area contributed by atoms with Crippen molar-refractivity contribution in [3.05, 3.63) is 57.1 Å². The van der Waals surface area contributed by atoms with Gasteiger partial charge in [-0.05, 0) is 147 Å². The van der Waals surface area contributed by atoms with Crippen LogP contribution in [-0.2, 0) is 0 Å². The van der Waals surface area contributed by atoms with Crippen LogP contribution >= 0.6 is 0 Å². The second-order valence-electron chi connectivity index (χ2n) is 34.5. The molecule has 0 unspecified atom stereocenters. The van der Waals surface area contributed by atoms with Gasteiger partial charge >= 0.3 is 12.1 Å². The summed E-state index contributed by atoms with van der Waals surface area (Å²) >= 11 is 0. The SMILES string of the molecule is CC(C)CCC[C@H](C)CCOc1cc(-c2cc(=O)[nH]c(NC(=O)NCCCCCCCNC(=O)Nc3nc(-c4cc(OCC[C@@H](C)CCCC(C)C)c(OCC[C@@H](C)CCCC(C)C)c(OCC[C@@H](C)CCCC(C)C)c4)cc(=O)[nH]3)n2)cc(OCC[C@@H](C)CCCC(C)C)c1OCC[C@@H](C)CCCC(C)C. The maximum atomic E-state index is 13.4. The number of amides is 4. The average molecular weight is 1490 g/mol. The third kappa shape index (κ3) is 42.3. The number of nitrogens with zero attached hydrogens (tertiary/aromatic N) is 2. The van der Waals surface area contributed by atoms with Crippen LogP contribution in [0.1, 0.15) is 311 Å². The zero-order valence-electron chi connectivity index (χ0n) is 70.5. The van der Waals surface area contributed by atoms with Crippen molar-refractivity contribution in [3.8, 4) is 57.0 Å². The highest BCUT2D eigenvalue weighted by Crippen LogP contribution is 2.44. The van der Waals surface area contributed by atoms with Gasteiger partial charge in [0.15, 0.2) is 23.0 Å². The van der Waals surface area contributed by atoms with E-state index in [4.69, 9.17) is 38.4 Å². The van der Waals surface area contributed by atoms with Crippen molar-refractivity contribution in [2.24, 2.45) is 71.0 Å². The van der Waals surface area contributed by atoms with E-state index in [1.54, 1.807) is 0 Å². The van der Waals surface area contributed by atoms with Crippen LogP contribution in [0.25, 0.3) is 22.5 Å². The molecule has 2 aromatic carbocycles. The second-order valence-corrected chi connectivity index (χ2v) is 34.5. The molecule has 18 nitrogen and oxygen atoms in total. The minimum absolute atomic E-state index is 0.0164. The van der Waals surface area contributed by atoms with Gasteiger partial charge in [0, 0.05) is 36.3 Å². The number of carbonyl (C=O) groups excluding carboxylic acids is 2. The van der Waals surface area contributed by atoms with Gasteiger partial charge in [0.1, 0.15) is 0 Å². The fraction of sp³-hybridized carbons (Fsp3) is 0.753. The van der Waals surface area contributed by atoms with E-state index in [1.165, 1.54) is 89.2 Å². The number of unbranched alkanes of at least 4 members (excludes halogenated alkanes) is 4. The number of aromatic amines is 2. The van der Waals surface area contributed by atoms with Gasteiger partial charge in [0.05, 0.1) is 51.0 Å². The molecule has 0 spiro atoms. The van der Waals surface area contributed by atoms with Gasteiger partial charge in [0.25, 0.3) is 11.1 Å². The van der Waals surface area contributed by atoms with E-state index in [9.17, 15) is 19.2 Å². The number of urea groups is 2. The summed E-state index contributed by atoms with van der Waals surface area (Å²) in [5, 5.41) is 11.4. The molecule has 0 aliphatic rings. The molecule has 0 fully saturated rings. The maximum absolute atomic E-state index is 13.4. The Balaban J connectivity index is 1.41. The van der Waals surface area contributed by atoms with Crippen LogP contribution in [0.2, 0.25) is 0 Å². The van der Waals surface area contributed by atoms with Crippen LogP contribution in [0.15, 0.2) is 46.0 Å². The van der Waals surface area contributed by atoms with E-state index < -0.39 is 23.2 Å². The standard InChI is InChI=1S/C89H152N8O10/c1-62(2)30-24-36-68(13)42-50-102-78-56-74(57-79(103-51-43-69(14)37-25-31-63(3)4)84(78)106-54-46-72(17)40-28-34-66(9)10)76-60-82(98)94-86(92-76)96-88(100)90-48-22-20-19-21-23-49-91-89(101)97-87-93-77(61-83(99)95-87)75-58-80(104-52-44-70(15)38-26-32-64(5)6)85(107-55-47-73(18)41-29-35-67(11)12)81(59-75)105-53-45-71(16)39-27-33-65(7)8/h56-73H,19-55H2,1-18H3,(H3,90,92,94,96,98,100)(H3,91,93,95,97,99,101)/t68-,69-,70-,71-,72-,73-/m0/s1. The Morgan fingerprint density at radius 2 is 0.542 bits per heavy atom. The van der Waals surface area contributed by atoms with Gasteiger partial charge in [-0.25, -0.2) is 19.6 Å². The summed E-state index contributed by atoms with van der Waals surface area (Å²) in [6.45, 7) is 44.8. The summed E-state index contributed by atoms with van der Waals surface area (Å²) < 4.78 is 40.1. The number of benzene rings is 2. The van der Waals surface area contributed by atoms with Gasteiger partial charge < -0.3 is 39.1 Å². The van der Waals surface area contributed by atoms with Crippen LogP contribution < -0.4 is 60.8 Å². The quantitative estimate of drug-likeness (QED) is 0.0227. The highest BCUT2D eigenvalue weighted by molar-refractivity contribution is 5.88. The van der Waals surface area contributed by atoms with Crippen molar-refractivity contribution < 1.29 is 38.0 Å². The molecule has 4 aromatic rings. The summed E-state index contributed by atoms with van der Waals surface area (Å²) in [4.78, 5) is 68.4. The number of carbonyl (C=O) groups is 2. The van der Waals surface area contributed by atoms with Crippen LogP contribution in [-0.4, -0.2) is 84.7 Å². The Morgan fingerprint density at radius 3 is 0.785 bits per heavy atom. The number of rotatable bonds is 60. The summed E-state index contributed by atoms with van der Waals surface area (Å²) in [6.07, 6.45) is 30.5. The first-order valence-electron chi connectivity index (χ1n) is 42.6. The Morgan fingerprint density at radius 1 is 0.308 bits per heavy atom. The molecule has 4 rings (SSSR count). The highest BCUT2D eigenvalue weighted by atomic mass is 16.5. The van der Waals surface area contributed by atoms with Gasteiger partial charge in [-0.3, -0.25) is 30.2 Å². The van der Waals surface area contributed by atoms with Crippen molar-refractivity contribution in [1.82, 2.24) is 30.6 Å². The van der Waals surface area contributed by atoms with Gasteiger partial charge in [-0.1, -0.05) is 259 Å². The van der Waals surface area contributed by atoms with E-state index in [0.717, 1.165) is 109 Å². The summed E-state index contributed by atoms with van der Waals surface area (Å²) in [6, 6.07) is 9.45. The molecule has 2 aromatic heterocycles. The number of anilines is 2. The Bertz CT molecular complexity index is 2880. The Kier molecular flexibility index (Phi) is 46.4. The van der Waals surface area contributed by atoms with Crippen molar-refractivity contribution in [1.29, 1.82) is 0 Å². The molecule has 4 amide bonds. The van der Waals surface area contributed by atoms with Crippen LogP contribution in [0, 0.1) is 71.0 Å². The summed E-state index contributed by atoms with van der Waals surface area (Å²) in [5.41, 5.74) is 1.11. The molecule has 0 saturated heterocycles. The smallest absolute Gasteiger partial charge is 0.321 e. The fourth-order valence-corrected chi connectivity index (χ4v) is 13.3. The first-order chi connectivity index (χ1) is 51.1. The van der Waals surface area contributed by atoms with E-state index in [0.29, 0.717) is 181 Å². The summed E-state index contributed by atoms with van der Waals surface area (Å²) in [7, 11) is 0. The first-order valence-corrected chi connectivity index (χ1v) is 42.6. The molecule has 0 aliphatic heterocycles. The van der Waals surface area contributed by atoms with E-state index in [-0.39, 0.29) is 11.9 Å². The topological polar surface area (TPSA) is 229 Å². The molecular formula is C89H152N8O10. The minimum atomic E-state index is -0.489. The van der Waals surface area contributed by atoms with Gasteiger partial charge in [-0.2, -0.15) is 0 Å². The van der Waals surface area contributed by atoms with Gasteiger partial charge in [0.2, 0.25) is 23.4 Å². The molecule has 608 valence electrons. The number of H-pyrrole nitrogens is 2. The lowest BCUT2D eigenvalue weighted by Gasteiger charge is -2.21. The Labute approximate surface area is 648 Å². The minimum Gasteiger partial charge on any atom is -0.490 e. The van der Waals surface area contributed by atoms with Crippen molar-refractivity contribution in [3.63, 3.8) is 0 Å². The molecule has 0 bridgehead atoms. The Hall–Kier alpha value is -6.46. The summed E-state index contributed by atoms with van der Waals surface area (Å²) in [5.74, 6) is 10.3. The van der Waals surface area contributed by atoms with Crippen molar-refractivity contribution in [2.75, 3.05) is 63.4 Å². The molecular weight excluding hydrogens is 1340 g/mol. The van der Waals surface area contributed by atoms with E-state index in [2.05, 4.69) is 156 Å². The predicted molar refractivity (Wildman–Crippen MR) is 446 cm³/mol. The number of hydrogen-bond donors (Lipinski definition) is 6. The normalized spacial score (nSPS) is 13.5. The van der Waals surface area contributed by atoms with Crippen LogP contribution in [0.4, 0.5) is 21.5 Å². The molecule has 6 N–H and O–H groups in total. The monoisotopic (exact) mass is 1490 g/mol. The average Bonchev–Trinajstić information content (AvgIpc) is 0.805. The van der Waals surface area contributed by atoms with Crippen LogP contribution in [0.3, 0.4) is 0 Å². The lowest BCUT2D eigenvalue weighted by Crippen LogP contribution is -2.31. The third-order valence-electron chi connectivity index (χ3n) is 20.6. The number of hydrogen-bond acceptors (Lipinski definition) is 12. The lowest BCUT2D eigenvalue weighted by molar-refractivity contribution is 0.216. The molecule has 0 radical (unpaired) electrons. The van der Waals surface area contributed by atoms with Gasteiger partial charge in [-0.15, -0.1) is 0 Å². The zero-order valence-corrected chi connectivity index (χ0v) is 70.5. The molecule has 2 heterocycles. The second kappa shape index (κ2) is 53.4. The molecule has 0 aliphatic carbocycles. The third-order valence-corrected chi connectivity index (χ3v) is 20.6. The largest absolute Gasteiger partial charge is 0.490 e. The van der Waals surface area contributed by atoms with Crippen LogP contribution in [0.5, 0.6) is 34.5 Å². The molecule has 18 heteroatoms. The lowest BCUT2D eigenvalue weighted by atomic mass is 9.97. The highest BCUT2D eigenvalue weighted by Gasteiger charge is 2.23. The number of aromatic nitrogens is 4. The first kappa shape index (κ1) is 92.9. The fourth-order valence-electron chi connectivity index (χ4n) is 13.3. The number of nitrogens with one attached hydrogen (secondary N) is 6. The predicted octanol–water partition coefficient (Wildman–Crippen LogP) is 23.5. The van der Waals surface area contributed by atoms with E-state index in [1.807, 2.05) is 24.3 Å². The maximum Gasteiger partial charge on any atom is 0.321 e. The molecule has 107 heavy (non-hydrogen) atoms. The van der Waals surface area contributed by atoms with Crippen molar-refractivity contribution >= 4 is 24.0 Å². The molecule has 0 saturated carbocycles. The zero-order chi connectivity index (χ0) is 78.5.